The quantitative estimate of drug-likeness (QED) is 0.473. The summed E-state index contributed by atoms with van der Waals surface area (Å²) in [6, 6.07) is 9.50. The molecule has 0 radical (unpaired) electrons. The molecule has 0 spiro atoms. The fraction of sp³-hybridized carbons (Fsp3) is 0.316. The van der Waals surface area contributed by atoms with Crippen LogP contribution in [0.1, 0.15) is 34.5 Å². The highest BCUT2D eigenvalue weighted by atomic mass is 16.4. The Kier molecular flexibility index (Phi) is 3.37. The van der Waals surface area contributed by atoms with Crippen LogP contribution in [-0.4, -0.2) is 37.6 Å². The van der Waals surface area contributed by atoms with Crippen molar-refractivity contribution in [3.05, 3.63) is 52.6 Å². The summed E-state index contributed by atoms with van der Waals surface area (Å²) in [5.41, 5.74) is 4.32. The van der Waals surface area contributed by atoms with Crippen LogP contribution in [0.3, 0.4) is 0 Å². The normalized spacial score (nSPS) is 26.8. The summed E-state index contributed by atoms with van der Waals surface area (Å²) in [6.45, 7) is 4.02. The van der Waals surface area contributed by atoms with Crippen LogP contribution in [0.25, 0.3) is 21.8 Å². The van der Waals surface area contributed by atoms with Crippen LogP contribution in [0.4, 0.5) is 0 Å². The van der Waals surface area contributed by atoms with E-state index < -0.39 is 24.4 Å². The maximum absolute atomic E-state index is 10.5. The molecule has 2 aromatic carbocycles. The van der Waals surface area contributed by atoms with Crippen LogP contribution in [-0.2, 0) is 0 Å². The summed E-state index contributed by atoms with van der Waals surface area (Å²) in [6.07, 6.45) is -5.42. The molecule has 124 valence electrons. The zero-order valence-corrected chi connectivity index (χ0v) is 13.4. The van der Waals surface area contributed by atoms with Gasteiger partial charge in [-0.15, -0.1) is 0 Å². The molecule has 1 aromatic heterocycles. The molecule has 5 heteroatoms. The van der Waals surface area contributed by atoms with Gasteiger partial charge < -0.3 is 20.4 Å². The molecule has 4 N–H and O–H groups in total. The lowest BCUT2D eigenvalue weighted by atomic mass is 9.81. The molecule has 5 nitrogen and oxygen atoms in total. The van der Waals surface area contributed by atoms with Gasteiger partial charge in [-0.05, 0) is 37.1 Å². The Bertz CT molecular complexity index is 969. The van der Waals surface area contributed by atoms with E-state index in [0.29, 0.717) is 16.6 Å². The third-order valence-electron chi connectivity index (χ3n) is 5.05. The monoisotopic (exact) mass is 325 g/mol. The Morgan fingerprint density at radius 2 is 1.54 bits per heavy atom. The summed E-state index contributed by atoms with van der Waals surface area (Å²) < 4.78 is 0. The standard InChI is InChI=1S/C19H19NO4/c1-8-3-6-13-12(7-8)9(2)10-4-5-11-14(15(10)20-13)17(22)19(24)18(23)16(11)21/h3-7,16-19,21-24H,1-2H3. The van der Waals surface area contributed by atoms with Crippen molar-refractivity contribution in [2.45, 2.75) is 38.3 Å². The van der Waals surface area contributed by atoms with Crippen molar-refractivity contribution in [3.8, 4) is 0 Å². The molecule has 24 heavy (non-hydrogen) atoms. The van der Waals surface area contributed by atoms with Gasteiger partial charge in [0.25, 0.3) is 0 Å². The van der Waals surface area contributed by atoms with Crippen molar-refractivity contribution >= 4 is 21.8 Å². The predicted molar refractivity (Wildman–Crippen MR) is 90.7 cm³/mol. The molecular weight excluding hydrogens is 306 g/mol. The Morgan fingerprint density at radius 3 is 2.29 bits per heavy atom. The van der Waals surface area contributed by atoms with Crippen LogP contribution in [0.15, 0.2) is 30.3 Å². The maximum atomic E-state index is 10.5. The number of aliphatic hydroxyl groups excluding tert-OH is 4. The lowest BCUT2D eigenvalue weighted by molar-refractivity contribution is -0.119. The van der Waals surface area contributed by atoms with Gasteiger partial charge in [0.1, 0.15) is 24.4 Å². The number of aromatic nitrogens is 1. The van der Waals surface area contributed by atoms with Gasteiger partial charge in [0.2, 0.25) is 0 Å². The average Bonchev–Trinajstić information content (AvgIpc) is 2.58. The molecule has 3 aromatic rings. The van der Waals surface area contributed by atoms with Crippen LogP contribution in [0, 0.1) is 13.8 Å². The topological polar surface area (TPSA) is 93.8 Å². The molecule has 1 aliphatic carbocycles. The summed E-state index contributed by atoms with van der Waals surface area (Å²) >= 11 is 0. The Labute approximate surface area is 138 Å². The van der Waals surface area contributed by atoms with Gasteiger partial charge in [-0.1, -0.05) is 23.8 Å². The van der Waals surface area contributed by atoms with Crippen molar-refractivity contribution in [2.24, 2.45) is 0 Å². The first-order valence-corrected chi connectivity index (χ1v) is 7.96. The van der Waals surface area contributed by atoms with E-state index in [0.717, 1.165) is 27.4 Å². The van der Waals surface area contributed by atoms with E-state index in [1.807, 2.05) is 32.0 Å². The summed E-state index contributed by atoms with van der Waals surface area (Å²) in [5, 5.41) is 42.6. The Hall–Kier alpha value is -2.05. The molecule has 0 saturated carbocycles. The minimum absolute atomic E-state index is 0.392. The molecule has 0 saturated heterocycles. The second-order valence-electron chi connectivity index (χ2n) is 6.59. The first-order chi connectivity index (χ1) is 11.4. The number of fused-ring (bicyclic) bond motifs is 4. The number of hydrogen-bond donors (Lipinski definition) is 4. The van der Waals surface area contributed by atoms with E-state index >= 15 is 0 Å². The molecule has 1 heterocycles. The molecule has 4 atom stereocenters. The van der Waals surface area contributed by atoms with Crippen molar-refractivity contribution in [1.82, 2.24) is 4.98 Å². The molecule has 4 rings (SSSR count). The van der Waals surface area contributed by atoms with E-state index in [9.17, 15) is 20.4 Å². The minimum Gasteiger partial charge on any atom is -0.387 e. The van der Waals surface area contributed by atoms with E-state index in [1.54, 1.807) is 6.07 Å². The van der Waals surface area contributed by atoms with E-state index in [1.165, 1.54) is 0 Å². The maximum Gasteiger partial charge on any atom is 0.113 e. The largest absolute Gasteiger partial charge is 0.387 e. The van der Waals surface area contributed by atoms with Crippen LogP contribution in [0.5, 0.6) is 0 Å². The lowest BCUT2D eigenvalue weighted by Crippen LogP contribution is -2.41. The molecule has 0 bridgehead atoms. The average molecular weight is 325 g/mol. The molecule has 0 fully saturated rings. The zero-order valence-electron chi connectivity index (χ0n) is 13.4. The number of rotatable bonds is 0. The van der Waals surface area contributed by atoms with Crippen molar-refractivity contribution in [3.63, 3.8) is 0 Å². The minimum atomic E-state index is -1.45. The lowest BCUT2D eigenvalue weighted by Gasteiger charge is -2.35. The zero-order chi connectivity index (χ0) is 17.2. The van der Waals surface area contributed by atoms with Crippen LogP contribution < -0.4 is 0 Å². The molecule has 1 aliphatic rings. The highest BCUT2D eigenvalue weighted by Gasteiger charge is 2.41. The van der Waals surface area contributed by atoms with E-state index in [-0.39, 0.29) is 0 Å². The number of aliphatic hydroxyl groups is 4. The number of pyridine rings is 1. The molecular formula is C19H19NO4. The highest BCUT2D eigenvalue weighted by Crippen LogP contribution is 2.41. The van der Waals surface area contributed by atoms with Gasteiger partial charge >= 0.3 is 0 Å². The number of nitrogens with zero attached hydrogens (tertiary/aromatic N) is 1. The molecule has 4 unspecified atom stereocenters. The van der Waals surface area contributed by atoms with Gasteiger partial charge in [0.15, 0.2) is 0 Å². The van der Waals surface area contributed by atoms with Crippen molar-refractivity contribution in [1.29, 1.82) is 0 Å². The van der Waals surface area contributed by atoms with E-state index in [2.05, 4.69) is 11.1 Å². The Balaban J connectivity index is 2.12. The SMILES string of the molecule is Cc1ccc2nc3c4c(ccc3c(C)c2c1)C(O)C(O)C(O)C4O. The van der Waals surface area contributed by atoms with Gasteiger partial charge in [-0.3, -0.25) is 0 Å². The summed E-state index contributed by atoms with van der Waals surface area (Å²) in [5.74, 6) is 0. The van der Waals surface area contributed by atoms with Crippen LogP contribution >= 0.6 is 0 Å². The number of benzene rings is 2. The summed E-state index contributed by atoms with van der Waals surface area (Å²) in [7, 11) is 0. The fourth-order valence-corrected chi connectivity index (χ4v) is 3.66. The first kappa shape index (κ1) is 15.5. The van der Waals surface area contributed by atoms with E-state index in [4.69, 9.17) is 0 Å². The Morgan fingerprint density at radius 1 is 0.833 bits per heavy atom. The predicted octanol–water partition coefficient (Wildman–Crippen LogP) is 1.81. The van der Waals surface area contributed by atoms with Crippen LogP contribution in [0.2, 0.25) is 0 Å². The fourth-order valence-electron chi connectivity index (χ4n) is 3.66. The summed E-state index contributed by atoms with van der Waals surface area (Å²) in [4.78, 5) is 4.67. The number of aryl methyl sites for hydroxylation is 2. The molecule has 0 amide bonds. The van der Waals surface area contributed by atoms with Crippen molar-refractivity contribution < 1.29 is 20.4 Å². The second kappa shape index (κ2) is 5.22. The molecule has 0 aliphatic heterocycles. The van der Waals surface area contributed by atoms with Gasteiger partial charge in [-0.2, -0.15) is 0 Å². The third-order valence-corrected chi connectivity index (χ3v) is 5.05. The van der Waals surface area contributed by atoms with Crippen molar-refractivity contribution in [2.75, 3.05) is 0 Å². The van der Waals surface area contributed by atoms with Gasteiger partial charge in [0.05, 0.1) is 11.0 Å². The van der Waals surface area contributed by atoms with Gasteiger partial charge in [0, 0.05) is 16.3 Å². The first-order valence-electron chi connectivity index (χ1n) is 7.96. The third kappa shape index (κ3) is 1.99. The highest BCUT2D eigenvalue weighted by molar-refractivity contribution is 5.99. The number of hydrogen-bond acceptors (Lipinski definition) is 5. The second-order valence-corrected chi connectivity index (χ2v) is 6.59. The van der Waals surface area contributed by atoms with Gasteiger partial charge in [-0.25, -0.2) is 4.98 Å². The smallest absolute Gasteiger partial charge is 0.113 e.